The molecule has 2 fully saturated rings. The molecule has 6 heterocycles. The highest BCUT2D eigenvalue weighted by Crippen LogP contribution is 2.45. The lowest BCUT2D eigenvalue weighted by atomic mass is 9.85. The zero-order valence-corrected chi connectivity index (χ0v) is 23.2. The molecule has 2 saturated heterocycles. The van der Waals surface area contributed by atoms with E-state index in [1.54, 1.807) is 19.5 Å². The van der Waals surface area contributed by atoms with Crippen molar-refractivity contribution in [2.75, 3.05) is 12.8 Å². The first kappa shape index (κ1) is 25.8. The SMILES string of the molecule is COc1ccc(-c2ccc(-c3cnn4c(N)c(C(C)=O)c([C@H]5C[C@H]6CC[C@@H](C5)N6C(=O)c5nnc[nH]5)nc34)cn2)cc1. The van der Waals surface area contributed by atoms with Crippen LogP contribution in [-0.2, 0) is 0 Å². The number of nitrogens with zero attached hydrogens (tertiary/aromatic N) is 7. The van der Waals surface area contributed by atoms with Gasteiger partial charge >= 0.3 is 0 Å². The fourth-order valence-corrected chi connectivity index (χ4v) is 6.54. The topological polar surface area (TPSA) is 157 Å². The molecule has 2 bridgehead atoms. The number of nitrogen functional groups attached to an aromatic ring is 1. The Balaban J connectivity index is 1.24. The summed E-state index contributed by atoms with van der Waals surface area (Å²) >= 11 is 0. The Bertz CT molecular complexity index is 1780. The number of ketones is 1. The van der Waals surface area contributed by atoms with Crippen molar-refractivity contribution in [1.82, 2.24) is 39.7 Å². The van der Waals surface area contributed by atoms with Crippen molar-refractivity contribution in [2.45, 2.75) is 50.6 Å². The molecule has 7 rings (SSSR count). The number of carbonyl (C=O) groups excluding carboxylic acids is 2. The quantitative estimate of drug-likeness (QED) is 0.292. The smallest absolute Gasteiger partial charge is 0.292 e. The summed E-state index contributed by atoms with van der Waals surface area (Å²) in [4.78, 5) is 40.6. The molecule has 2 aliphatic heterocycles. The fourth-order valence-electron chi connectivity index (χ4n) is 6.54. The van der Waals surface area contributed by atoms with E-state index in [2.05, 4.69) is 25.3 Å². The lowest BCUT2D eigenvalue weighted by Crippen LogP contribution is -2.46. The summed E-state index contributed by atoms with van der Waals surface area (Å²) in [7, 11) is 1.64. The molecule has 3 N–H and O–H groups in total. The van der Waals surface area contributed by atoms with Crippen molar-refractivity contribution in [3.05, 3.63) is 72.2 Å². The molecule has 4 aromatic heterocycles. The molecule has 1 amide bonds. The number of H-pyrrole nitrogens is 1. The number of nitrogens with one attached hydrogen (secondary N) is 1. The molecule has 0 unspecified atom stereocenters. The number of hydrogen-bond acceptors (Lipinski definition) is 9. The van der Waals surface area contributed by atoms with Gasteiger partial charge in [-0.3, -0.25) is 14.6 Å². The molecule has 0 spiro atoms. The van der Waals surface area contributed by atoms with Crippen LogP contribution in [0.5, 0.6) is 5.75 Å². The molecule has 1 aromatic carbocycles. The molecular formula is C30H29N9O3. The van der Waals surface area contributed by atoms with Gasteiger partial charge in [-0.2, -0.15) is 9.61 Å². The molecule has 12 nitrogen and oxygen atoms in total. The van der Waals surface area contributed by atoms with Crippen LogP contribution in [0, 0.1) is 0 Å². The fraction of sp³-hybridized carbons (Fsp3) is 0.300. The normalized spacial score (nSPS) is 19.8. The molecule has 3 atom stereocenters. The number of amides is 1. The lowest BCUT2D eigenvalue weighted by molar-refractivity contribution is 0.0556. The Morgan fingerprint density at radius 1 is 1.02 bits per heavy atom. The van der Waals surface area contributed by atoms with Crippen molar-refractivity contribution in [2.24, 2.45) is 0 Å². The van der Waals surface area contributed by atoms with Crippen LogP contribution >= 0.6 is 0 Å². The summed E-state index contributed by atoms with van der Waals surface area (Å²) in [5.41, 5.74) is 11.6. The van der Waals surface area contributed by atoms with E-state index in [0.29, 0.717) is 29.7 Å². The number of aromatic nitrogens is 7. The minimum absolute atomic E-state index is 0.0180. The van der Waals surface area contributed by atoms with Crippen molar-refractivity contribution in [3.8, 4) is 28.1 Å². The number of fused-ring (bicyclic) bond motifs is 3. The standard InChI is InChI=1S/C30H29N9O3/c1-16(40)25-26(19-11-20-6-7-21(12-19)38(20)30(41)28-33-15-34-37-28)36-29-23(14-35-39(29)27(25)31)18-5-10-24(32-13-18)17-3-8-22(42-2)9-4-17/h3-5,8-10,13-15,19-21H,6-7,11-12,31H2,1-2H3,(H,33,34,37)/t19-,20+,21-. The third-order valence-electron chi connectivity index (χ3n) is 8.50. The van der Waals surface area contributed by atoms with Crippen LogP contribution in [0.3, 0.4) is 0 Å². The van der Waals surface area contributed by atoms with Gasteiger partial charge in [0.15, 0.2) is 11.4 Å². The average Bonchev–Trinajstić information content (AvgIpc) is 3.75. The molecule has 212 valence electrons. The number of piperidine rings is 1. The van der Waals surface area contributed by atoms with Crippen LogP contribution in [0.25, 0.3) is 28.0 Å². The molecule has 0 saturated carbocycles. The number of carbonyl (C=O) groups is 2. The number of benzene rings is 1. The number of Topliss-reactive ketones (excluding diaryl/α,β-unsaturated/α-hetero) is 1. The number of rotatable bonds is 6. The Labute approximate surface area is 241 Å². The maximum Gasteiger partial charge on any atom is 0.292 e. The van der Waals surface area contributed by atoms with E-state index in [1.807, 2.05) is 41.3 Å². The van der Waals surface area contributed by atoms with Gasteiger partial charge in [0.2, 0.25) is 5.82 Å². The average molecular weight is 564 g/mol. The number of pyridine rings is 1. The Morgan fingerprint density at radius 3 is 2.38 bits per heavy atom. The summed E-state index contributed by atoms with van der Waals surface area (Å²) in [6, 6.07) is 11.7. The number of ether oxygens (including phenoxy) is 1. The second-order valence-corrected chi connectivity index (χ2v) is 10.9. The van der Waals surface area contributed by atoms with Crippen molar-refractivity contribution in [3.63, 3.8) is 0 Å². The van der Waals surface area contributed by atoms with Crippen molar-refractivity contribution < 1.29 is 14.3 Å². The van der Waals surface area contributed by atoms with Gasteiger partial charge in [-0.1, -0.05) is 6.07 Å². The number of anilines is 1. The van der Waals surface area contributed by atoms with E-state index in [1.165, 1.54) is 17.8 Å². The largest absolute Gasteiger partial charge is 0.497 e. The van der Waals surface area contributed by atoms with Gasteiger partial charge in [0.05, 0.1) is 30.3 Å². The number of hydrogen-bond donors (Lipinski definition) is 2. The third-order valence-corrected chi connectivity index (χ3v) is 8.50. The predicted octanol–water partition coefficient (Wildman–Crippen LogP) is 3.92. The van der Waals surface area contributed by atoms with Crippen LogP contribution < -0.4 is 10.5 Å². The molecule has 42 heavy (non-hydrogen) atoms. The highest BCUT2D eigenvalue weighted by Gasteiger charge is 2.45. The highest BCUT2D eigenvalue weighted by molar-refractivity contribution is 6.00. The lowest BCUT2D eigenvalue weighted by Gasteiger charge is -2.38. The highest BCUT2D eigenvalue weighted by atomic mass is 16.5. The minimum Gasteiger partial charge on any atom is -0.497 e. The van der Waals surface area contributed by atoms with Gasteiger partial charge in [0, 0.05) is 40.9 Å². The zero-order chi connectivity index (χ0) is 29.0. The summed E-state index contributed by atoms with van der Waals surface area (Å²) in [5, 5.41) is 12.2. The minimum atomic E-state index is -0.160. The molecule has 5 aromatic rings. The van der Waals surface area contributed by atoms with Crippen molar-refractivity contribution in [1.29, 1.82) is 0 Å². The maximum atomic E-state index is 13.2. The van der Waals surface area contributed by atoms with Gasteiger partial charge in [0.25, 0.3) is 5.91 Å². The van der Waals surface area contributed by atoms with Crippen molar-refractivity contribution >= 4 is 23.2 Å². The summed E-state index contributed by atoms with van der Waals surface area (Å²) in [5.74, 6) is 0.957. The van der Waals surface area contributed by atoms with Crippen LogP contribution in [-0.4, -0.2) is 70.5 Å². The molecule has 0 radical (unpaired) electrons. The zero-order valence-electron chi connectivity index (χ0n) is 23.2. The Hall–Kier alpha value is -5.13. The van der Waals surface area contributed by atoms with E-state index in [-0.39, 0.29) is 41.3 Å². The van der Waals surface area contributed by atoms with E-state index >= 15 is 0 Å². The number of nitrogens with two attached hydrogens (primary N) is 1. The summed E-state index contributed by atoms with van der Waals surface area (Å²) in [6.45, 7) is 1.51. The summed E-state index contributed by atoms with van der Waals surface area (Å²) < 4.78 is 6.79. The van der Waals surface area contributed by atoms with Gasteiger partial charge in [0.1, 0.15) is 17.9 Å². The van der Waals surface area contributed by atoms with E-state index in [4.69, 9.17) is 15.5 Å². The monoisotopic (exact) mass is 563 g/mol. The van der Waals surface area contributed by atoms with Gasteiger partial charge in [-0.25, -0.2) is 4.98 Å². The third kappa shape index (κ3) is 4.18. The first-order valence-electron chi connectivity index (χ1n) is 13.9. The Morgan fingerprint density at radius 2 is 1.76 bits per heavy atom. The van der Waals surface area contributed by atoms with Crippen LogP contribution in [0.4, 0.5) is 5.82 Å². The van der Waals surface area contributed by atoms with E-state index in [9.17, 15) is 9.59 Å². The second kappa shape index (κ2) is 10.1. The van der Waals surface area contributed by atoms with Crippen LogP contribution in [0.15, 0.2) is 55.1 Å². The first-order chi connectivity index (χ1) is 20.4. The first-order valence-corrected chi connectivity index (χ1v) is 13.9. The number of methoxy groups -OCH3 is 1. The van der Waals surface area contributed by atoms with E-state index < -0.39 is 0 Å². The molecular weight excluding hydrogens is 534 g/mol. The predicted molar refractivity (Wildman–Crippen MR) is 154 cm³/mol. The second-order valence-electron chi connectivity index (χ2n) is 10.9. The summed E-state index contributed by atoms with van der Waals surface area (Å²) in [6.07, 6.45) is 8.05. The maximum absolute atomic E-state index is 13.2. The van der Waals surface area contributed by atoms with Gasteiger partial charge < -0.3 is 20.4 Å². The van der Waals surface area contributed by atoms with Crippen LogP contribution in [0.1, 0.15) is 65.2 Å². The molecule has 0 aliphatic carbocycles. The number of aromatic amines is 1. The Kier molecular flexibility index (Phi) is 6.18. The molecule has 2 aliphatic rings. The van der Waals surface area contributed by atoms with Crippen LogP contribution in [0.2, 0.25) is 0 Å². The molecule has 12 heteroatoms. The van der Waals surface area contributed by atoms with Gasteiger partial charge in [-0.05, 0) is 62.9 Å². The van der Waals surface area contributed by atoms with E-state index in [0.717, 1.165) is 41.0 Å². The van der Waals surface area contributed by atoms with Gasteiger partial charge in [-0.15, -0.1) is 10.2 Å².